The maximum atomic E-state index is 12.7. The third kappa shape index (κ3) is 2.71. The number of aromatic nitrogens is 1. The van der Waals surface area contributed by atoms with Crippen molar-refractivity contribution in [3.05, 3.63) is 89.2 Å². The van der Waals surface area contributed by atoms with Crippen LogP contribution in [0.2, 0.25) is 0 Å². The van der Waals surface area contributed by atoms with Gasteiger partial charge in [0, 0.05) is 62.5 Å². The standard InChI is InChI=1S/C23H23N3O2/c1-25(2)18-11-7-16(8-12-18)23(17-9-13-19(14-10-17)26(3)4)20-6-5-15-24-21(20)22(27)28-23/h5-15H,1-4H3. The van der Waals surface area contributed by atoms with Gasteiger partial charge in [-0.2, -0.15) is 0 Å². The molecule has 5 heteroatoms. The number of rotatable bonds is 4. The van der Waals surface area contributed by atoms with Gasteiger partial charge in [-0.3, -0.25) is 0 Å². The predicted molar refractivity (Wildman–Crippen MR) is 111 cm³/mol. The molecule has 142 valence electrons. The van der Waals surface area contributed by atoms with E-state index in [-0.39, 0.29) is 0 Å². The quantitative estimate of drug-likeness (QED) is 0.653. The van der Waals surface area contributed by atoms with Crippen LogP contribution < -0.4 is 9.80 Å². The molecule has 3 aromatic rings. The lowest BCUT2D eigenvalue weighted by molar-refractivity contribution is 0.0249. The van der Waals surface area contributed by atoms with E-state index in [1.807, 2.05) is 98.7 Å². The van der Waals surface area contributed by atoms with Crippen molar-refractivity contribution < 1.29 is 9.53 Å². The van der Waals surface area contributed by atoms with Crippen molar-refractivity contribution in [1.82, 2.24) is 4.98 Å². The zero-order valence-electron chi connectivity index (χ0n) is 16.5. The SMILES string of the molecule is CN(C)c1ccc(C2(c3ccc(N(C)C)cc3)OC(=O)c3ncccc32)cc1. The lowest BCUT2D eigenvalue weighted by Crippen LogP contribution is -2.29. The van der Waals surface area contributed by atoms with E-state index in [1.54, 1.807) is 6.20 Å². The number of carbonyl (C=O) groups is 1. The van der Waals surface area contributed by atoms with Crippen molar-refractivity contribution in [2.75, 3.05) is 38.0 Å². The molecule has 1 aromatic heterocycles. The van der Waals surface area contributed by atoms with Crippen LogP contribution in [0, 0.1) is 0 Å². The summed E-state index contributed by atoms with van der Waals surface area (Å²) in [5.74, 6) is -0.399. The van der Waals surface area contributed by atoms with Gasteiger partial charge in [0.1, 0.15) is 0 Å². The van der Waals surface area contributed by atoms with Crippen LogP contribution in [0.1, 0.15) is 27.2 Å². The summed E-state index contributed by atoms with van der Waals surface area (Å²) in [6, 6.07) is 20.0. The Morgan fingerprint density at radius 1 is 0.786 bits per heavy atom. The van der Waals surface area contributed by atoms with Crippen molar-refractivity contribution in [2.24, 2.45) is 0 Å². The lowest BCUT2D eigenvalue weighted by Gasteiger charge is -2.30. The van der Waals surface area contributed by atoms with E-state index in [9.17, 15) is 4.79 Å². The average molecular weight is 373 g/mol. The highest BCUT2D eigenvalue weighted by atomic mass is 16.6. The Hall–Kier alpha value is -3.34. The highest BCUT2D eigenvalue weighted by Crippen LogP contribution is 2.46. The highest BCUT2D eigenvalue weighted by molar-refractivity contribution is 5.94. The number of carbonyl (C=O) groups excluding carboxylic acids is 1. The van der Waals surface area contributed by atoms with Crippen LogP contribution in [0.15, 0.2) is 66.9 Å². The Labute approximate surface area is 165 Å². The number of hydrogen-bond donors (Lipinski definition) is 0. The van der Waals surface area contributed by atoms with E-state index in [0.29, 0.717) is 5.69 Å². The van der Waals surface area contributed by atoms with E-state index in [2.05, 4.69) is 4.98 Å². The fourth-order valence-corrected chi connectivity index (χ4v) is 3.68. The number of fused-ring (bicyclic) bond motifs is 1. The largest absolute Gasteiger partial charge is 0.439 e. The Morgan fingerprint density at radius 2 is 1.29 bits per heavy atom. The molecule has 0 spiro atoms. The fraction of sp³-hybridized carbons (Fsp3) is 0.217. The molecule has 0 atom stereocenters. The molecule has 0 saturated heterocycles. The second-order valence-corrected chi connectivity index (χ2v) is 7.35. The summed E-state index contributed by atoms with van der Waals surface area (Å²) in [6.07, 6.45) is 1.63. The van der Waals surface area contributed by atoms with Crippen molar-refractivity contribution in [2.45, 2.75) is 5.60 Å². The third-order valence-electron chi connectivity index (χ3n) is 5.21. The van der Waals surface area contributed by atoms with Crippen molar-refractivity contribution in [3.63, 3.8) is 0 Å². The molecule has 4 rings (SSSR count). The van der Waals surface area contributed by atoms with Crippen LogP contribution in [0.25, 0.3) is 0 Å². The molecule has 28 heavy (non-hydrogen) atoms. The van der Waals surface area contributed by atoms with E-state index < -0.39 is 11.6 Å². The minimum Gasteiger partial charge on any atom is -0.439 e. The molecule has 0 saturated carbocycles. The Morgan fingerprint density at radius 3 is 1.75 bits per heavy atom. The van der Waals surface area contributed by atoms with E-state index in [1.165, 1.54) is 0 Å². The molecule has 2 aromatic carbocycles. The number of hydrogen-bond acceptors (Lipinski definition) is 5. The normalized spacial score (nSPS) is 14.4. The molecule has 0 aliphatic carbocycles. The predicted octanol–water partition coefficient (Wildman–Crippen LogP) is 3.68. The van der Waals surface area contributed by atoms with Gasteiger partial charge in [0.05, 0.1) is 0 Å². The molecule has 1 aliphatic rings. The molecule has 0 unspecified atom stereocenters. The van der Waals surface area contributed by atoms with Gasteiger partial charge in [-0.05, 0) is 30.3 Å². The second-order valence-electron chi connectivity index (χ2n) is 7.35. The Balaban J connectivity index is 1.94. The monoisotopic (exact) mass is 373 g/mol. The first-order valence-corrected chi connectivity index (χ1v) is 9.18. The maximum absolute atomic E-state index is 12.7. The second kappa shape index (κ2) is 6.68. The van der Waals surface area contributed by atoms with Gasteiger partial charge in [-0.15, -0.1) is 0 Å². The lowest BCUT2D eigenvalue weighted by atomic mass is 9.80. The minimum absolute atomic E-state index is 0.371. The van der Waals surface area contributed by atoms with Crippen LogP contribution in [0.4, 0.5) is 11.4 Å². The van der Waals surface area contributed by atoms with Crippen molar-refractivity contribution in [3.8, 4) is 0 Å². The van der Waals surface area contributed by atoms with Crippen LogP contribution in [-0.2, 0) is 10.3 Å². The summed E-state index contributed by atoms with van der Waals surface area (Å²) in [5, 5.41) is 0. The topological polar surface area (TPSA) is 45.7 Å². The van der Waals surface area contributed by atoms with E-state index in [0.717, 1.165) is 28.1 Å². The molecular formula is C23H23N3O2. The molecule has 0 amide bonds. The first kappa shape index (κ1) is 18.0. The highest BCUT2D eigenvalue weighted by Gasteiger charge is 2.49. The molecule has 0 fully saturated rings. The number of ether oxygens (including phenoxy) is 1. The maximum Gasteiger partial charge on any atom is 0.358 e. The van der Waals surface area contributed by atoms with Gasteiger partial charge in [0.25, 0.3) is 0 Å². The van der Waals surface area contributed by atoms with Crippen LogP contribution in [-0.4, -0.2) is 39.1 Å². The minimum atomic E-state index is -1.00. The Kier molecular flexibility index (Phi) is 4.30. The van der Waals surface area contributed by atoms with Crippen LogP contribution in [0.3, 0.4) is 0 Å². The van der Waals surface area contributed by atoms with E-state index >= 15 is 0 Å². The Bertz CT molecular complexity index is 957. The number of nitrogens with zero attached hydrogens (tertiary/aromatic N) is 3. The van der Waals surface area contributed by atoms with Gasteiger partial charge in [-0.1, -0.05) is 30.3 Å². The van der Waals surface area contributed by atoms with Gasteiger partial charge >= 0.3 is 5.97 Å². The van der Waals surface area contributed by atoms with Crippen LogP contribution in [0.5, 0.6) is 0 Å². The molecule has 0 bridgehead atoms. The van der Waals surface area contributed by atoms with Gasteiger partial charge in [0.15, 0.2) is 11.3 Å². The average Bonchev–Trinajstić information content (AvgIpc) is 3.02. The molecular weight excluding hydrogens is 350 g/mol. The van der Waals surface area contributed by atoms with Gasteiger partial charge < -0.3 is 14.5 Å². The zero-order valence-corrected chi connectivity index (χ0v) is 16.5. The summed E-state index contributed by atoms with van der Waals surface area (Å²) in [4.78, 5) is 21.0. The first-order valence-electron chi connectivity index (χ1n) is 9.18. The van der Waals surface area contributed by atoms with Crippen molar-refractivity contribution in [1.29, 1.82) is 0 Å². The van der Waals surface area contributed by atoms with Crippen molar-refractivity contribution >= 4 is 17.3 Å². The van der Waals surface area contributed by atoms with Gasteiger partial charge in [0.2, 0.25) is 0 Å². The zero-order chi connectivity index (χ0) is 19.9. The molecule has 0 N–H and O–H groups in total. The summed E-state index contributed by atoms with van der Waals surface area (Å²) >= 11 is 0. The number of pyridine rings is 1. The van der Waals surface area contributed by atoms with Gasteiger partial charge in [-0.25, -0.2) is 9.78 Å². The smallest absolute Gasteiger partial charge is 0.358 e. The molecule has 1 aliphatic heterocycles. The molecule has 5 nitrogen and oxygen atoms in total. The summed E-state index contributed by atoms with van der Waals surface area (Å²) < 4.78 is 6.06. The first-order chi connectivity index (χ1) is 13.4. The van der Waals surface area contributed by atoms with E-state index in [4.69, 9.17) is 4.74 Å². The summed E-state index contributed by atoms with van der Waals surface area (Å²) in [7, 11) is 8.00. The molecule has 2 heterocycles. The summed E-state index contributed by atoms with van der Waals surface area (Å²) in [5.41, 5.74) is 4.10. The molecule has 0 radical (unpaired) electrons. The number of benzene rings is 2. The summed E-state index contributed by atoms with van der Waals surface area (Å²) in [6.45, 7) is 0. The number of esters is 1. The fourth-order valence-electron chi connectivity index (χ4n) is 3.68. The number of cyclic esters (lactones) is 1. The van der Waals surface area contributed by atoms with Crippen LogP contribution >= 0.6 is 0 Å². The third-order valence-corrected chi connectivity index (χ3v) is 5.21. The number of anilines is 2.